The van der Waals surface area contributed by atoms with Crippen molar-refractivity contribution in [2.24, 2.45) is 5.73 Å². The van der Waals surface area contributed by atoms with Crippen molar-refractivity contribution >= 4 is 11.7 Å². The van der Waals surface area contributed by atoms with Crippen LogP contribution < -0.4 is 15.4 Å². The molecule has 1 aromatic carbocycles. The average Bonchev–Trinajstić information content (AvgIpc) is 2.73. The van der Waals surface area contributed by atoms with Gasteiger partial charge in [-0.15, -0.1) is 0 Å². The molecule has 1 fully saturated rings. The van der Waals surface area contributed by atoms with E-state index in [-0.39, 0.29) is 11.8 Å². The van der Waals surface area contributed by atoms with Crippen LogP contribution in [0.25, 0.3) is 11.4 Å². The molecule has 1 saturated heterocycles. The number of nitrogens with two attached hydrogens (primary N) is 1. The lowest BCUT2D eigenvalue weighted by molar-refractivity contribution is -0.122. The Balaban J connectivity index is 1.70. The third kappa shape index (κ3) is 3.94. The zero-order chi connectivity index (χ0) is 21.1. The molecule has 0 unspecified atom stereocenters. The molecule has 2 aromatic heterocycles. The zero-order valence-electron chi connectivity index (χ0n) is 16.4. The standard InChI is InChI=1S/C21H19N7O2/c1-13-26-18(28-7-5-20(28)29)9-19(27-13)30-17-8-14(10-23)2-3-16(17)21-24-11-15(4-6-22)12-25-21/h2-3,8-9,11-12H,4-7,22H2,1H3. The summed E-state index contributed by atoms with van der Waals surface area (Å²) in [5.41, 5.74) is 7.56. The minimum atomic E-state index is 0.0113. The molecule has 9 nitrogen and oxygen atoms in total. The molecular formula is C21H19N7O2. The Morgan fingerprint density at radius 1 is 1.23 bits per heavy atom. The van der Waals surface area contributed by atoms with Crippen molar-refractivity contribution in [1.82, 2.24) is 19.9 Å². The van der Waals surface area contributed by atoms with Crippen LogP contribution in [0.1, 0.15) is 23.4 Å². The number of anilines is 1. The van der Waals surface area contributed by atoms with Crippen molar-refractivity contribution < 1.29 is 9.53 Å². The van der Waals surface area contributed by atoms with Crippen molar-refractivity contribution in [2.45, 2.75) is 19.8 Å². The van der Waals surface area contributed by atoms with E-state index < -0.39 is 0 Å². The van der Waals surface area contributed by atoms with Crippen molar-refractivity contribution in [3.05, 3.63) is 53.6 Å². The fourth-order valence-corrected chi connectivity index (χ4v) is 3.04. The van der Waals surface area contributed by atoms with Crippen LogP contribution >= 0.6 is 0 Å². The van der Waals surface area contributed by atoms with Crippen LogP contribution in [0.15, 0.2) is 36.7 Å². The summed E-state index contributed by atoms with van der Waals surface area (Å²) in [7, 11) is 0. The monoisotopic (exact) mass is 401 g/mol. The summed E-state index contributed by atoms with van der Waals surface area (Å²) in [6.07, 6.45) is 4.64. The van der Waals surface area contributed by atoms with Crippen LogP contribution in [0.3, 0.4) is 0 Å². The molecule has 4 rings (SSSR count). The van der Waals surface area contributed by atoms with Gasteiger partial charge in [0.15, 0.2) is 5.82 Å². The number of nitrogens with zero attached hydrogens (tertiary/aromatic N) is 6. The molecule has 0 atom stereocenters. The highest BCUT2D eigenvalue weighted by Crippen LogP contribution is 2.33. The molecule has 0 bridgehead atoms. The number of hydrogen-bond acceptors (Lipinski definition) is 8. The Hall–Kier alpha value is -3.90. The van der Waals surface area contributed by atoms with Crippen LogP contribution in [0.2, 0.25) is 0 Å². The van der Waals surface area contributed by atoms with E-state index in [0.717, 1.165) is 5.56 Å². The van der Waals surface area contributed by atoms with Gasteiger partial charge in [0.05, 0.1) is 17.2 Å². The third-order valence-corrected chi connectivity index (χ3v) is 4.63. The Bertz CT molecular complexity index is 1140. The first kappa shape index (κ1) is 19.4. The Morgan fingerprint density at radius 2 is 2.03 bits per heavy atom. The molecule has 0 saturated carbocycles. The van der Waals surface area contributed by atoms with Crippen LogP contribution in [0.4, 0.5) is 5.82 Å². The summed E-state index contributed by atoms with van der Waals surface area (Å²) in [4.78, 5) is 30.8. The summed E-state index contributed by atoms with van der Waals surface area (Å²) in [5.74, 6) is 2.10. The van der Waals surface area contributed by atoms with Gasteiger partial charge in [0, 0.05) is 31.4 Å². The number of β-lactam (4-membered cyclic amide) rings is 1. The van der Waals surface area contributed by atoms with Crippen molar-refractivity contribution in [2.75, 3.05) is 18.0 Å². The lowest BCUT2D eigenvalue weighted by atomic mass is 10.1. The van der Waals surface area contributed by atoms with E-state index in [1.807, 2.05) is 0 Å². The Labute approximate surface area is 173 Å². The summed E-state index contributed by atoms with van der Waals surface area (Å²) in [6, 6.07) is 8.73. The van der Waals surface area contributed by atoms with Crippen molar-refractivity contribution in [3.8, 4) is 29.1 Å². The normalized spacial score (nSPS) is 13.0. The molecule has 0 aliphatic carbocycles. The second-order valence-electron chi connectivity index (χ2n) is 6.79. The maximum absolute atomic E-state index is 11.8. The first-order valence-electron chi connectivity index (χ1n) is 9.47. The smallest absolute Gasteiger partial charge is 0.229 e. The molecule has 0 spiro atoms. The van der Waals surface area contributed by atoms with Crippen molar-refractivity contribution in [1.29, 1.82) is 5.26 Å². The molecule has 1 amide bonds. The molecule has 3 aromatic rings. The maximum atomic E-state index is 11.8. The molecule has 2 N–H and O–H groups in total. The highest BCUT2D eigenvalue weighted by Gasteiger charge is 2.27. The first-order valence-corrected chi connectivity index (χ1v) is 9.47. The van der Waals surface area contributed by atoms with E-state index in [9.17, 15) is 10.1 Å². The fourth-order valence-electron chi connectivity index (χ4n) is 3.04. The van der Waals surface area contributed by atoms with Gasteiger partial charge in [0.1, 0.15) is 17.4 Å². The van der Waals surface area contributed by atoms with Gasteiger partial charge in [-0.3, -0.25) is 9.69 Å². The average molecular weight is 401 g/mol. The summed E-state index contributed by atoms with van der Waals surface area (Å²) in [5, 5.41) is 9.30. The number of carbonyl (C=O) groups is 1. The number of rotatable bonds is 6. The fraction of sp³-hybridized carbons (Fsp3) is 0.238. The largest absolute Gasteiger partial charge is 0.438 e. The highest BCUT2D eigenvalue weighted by atomic mass is 16.5. The van der Waals surface area contributed by atoms with Gasteiger partial charge < -0.3 is 10.5 Å². The lowest BCUT2D eigenvalue weighted by Gasteiger charge is -2.29. The lowest BCUT2D eigenvalue weighted by Crippen LogP contribution is -2.44. The molecule has 9 heteroatoms. The summed E-state index contributed by atoms with van der Waals surface area (Å²) in [6.45, 7) is 2.86. The second kappa shape index (κ2) is 8.23. The number of amides is 1. The number of aryl methyl sites for hydroxylation is 1. The van der Waals surface area contributed by atoms with E-state index in [1.165, 1.54) is 0 Å². The molecule has 150 valence electrons. The van der Waals surface area contributed by atoms with Crippen LogP contribution in [0, 0.1) is 18.3 Å². The molecule has 30 heavy (non-hydrogen) atoms. The highest BCUT2D eigenvalue weighted by molar-refractivity contribution is 5.98. The molecule has 3 heterocycles. The molecule has 0 radical (unpaired) electrons. The van der Waals surface area contributed by atoms with Crippen LogP contribution in [-0.4, -0.2) is 38.9 Å². The quantitative estimate of drug-likeness (QED) is 0.622. The summed E-state index contributed by atoms with van der Waals surface area (Å²) < 4.78 is 6.02. The van der Waals surface area contributed by atoms with Gasteiger partial charge in [0.2, 0.25) is 11.8 Å². The van der Waals surface area contributed by atoms with E-state index >= 15 is 0 Å². The van der Waals surface area contributed by atoms with E-state index in [4.69, 9.17) is 10.5 Å². The molecule has 1 aliphatic rings. The Morgan fingerprint density at radius 3 is 2.67 bits per heavy atom. The van der Waals surface area contributed by atoms with Crippen LogP contribution in [-0.2, 0) is 11.2 Å². The maximum Gasteiger partial charge on any atom is 0.229 e. The first-order chi connectivity index (χ1) is 14.6. The number of hydrogen-bond donors (Lipinski definition) is 1. The number of ether oxygens (including phenoxy) is 1. The second-order valence-corrected chi connectivity index (χ2v) is 6.79. The predicted molar refractivity (Wildman–Crippen MR) is 109 cm³/mol. The molecule has 1 aliphatic heterocycles. The molecular weight excluding hydrogens is 382 g/mol. The van der Waals surface area contributed by atoms with Gasteiger partial charge in [-0.1, -0.05) is 0 Å². The van der Waals surface area contributed by atoms with Gasteiger partial charge in [-0.25, -0.2) is 15.0 Å². The minimum Gasteiger partial charge on any atom is -0.438 e. The van der Waals surface area contributed by atoms with Gasteiger partial charge in [0.25, 0.3) is 0 Å². The predicted octanol–water partition coefficient (Wildman–Crippen LogP) is 2.14. The van der Waals surface area contributed by atoms with Gasteiger partial charge in [-0.2, -0.15) is 10.2 Å². The number of aromatic nitrogens is 4. The van der Waals surface area contributed by atoms with E-state index in [1.54, 1.807) is 48.5 Å². The summed E-state index contributed by atoms with van der Waals surface area (Å²) >= 11 is 0. The van der Waals surface area contributed by atoms with Crippen molar-refractivity contribution in [3.63, 3.8) is 0 Å². The SMILES string of the molecule is Cc1nc(Oc2cc(C#N)ccc2-c2ncc(CCN)cn2)cc(N2CCC2=O)n1. The minimum absolute atomic E-state index is 0.0113. The number of benzene rings is 1. The number of nitriles is 1. The Kier molecular flexibility index (Phi) is 5.32. The van der Waals surface area contributed by atoms with Gasteiger partial charge >= 0.3 is 0 Å². The third-order valence-electron chi connectivity index (χ3n) is 4.63. The van der Waals surface area contributed by atoms with E-state index in [2.05, 4.69) is 26.0 Å². The van der Waals surface area contributed by atoms with E-state index in [0.29, 0.717) is 60.3 Å². The number of carbonyl (C=O) groups excluding carboxylic acids is 1. The van der Waals surface area contributed by atoms with Gasteiger partial charge in [-0.05, 0) is 43.7 Å². The van der Waals surface area contributed by atoms with Crippen LogP contribution in [0.5, 0.6) is 11.6 Å². The zero-order valence-corrected chi connectivity index (χ0v) is 16.4. The topological polar surface area (TPSA) is 131 Å².